The lowest BCUT2D eigenvalue weighted by Gasteiger charge is -2.27. The van der Waals surface area contributed by atoms with Crippen LogP contribution in [0.4, 0.5) is 5.69 Å². The Hall–Kier alpha value is -3.84. The van der Waals surface area contributed by atoms with Gasteiger partial charge >= 0.3 is 11.9 Å². The number of benzene rings is 1. The molecule has 1 heterocycles. The summed E-state index contributed by atoms with van der Waals surface area (Å²) < 4.78 is 15.3. The Morgan fingerprint density at radius 2 is 2.03 bits per heavy atom. The van der Waals surface area contributed by atoms with Gasteiger partial charge < -0.3 is 19.9 Å². The standard InChI is InChI=1S/C20H18ClN3O7/c1-10(2)19(25)29-6-7-30-20(26)17-16(14(9-22)11(3)31-18(17)23)13-8-12(24(27)28)4-5-15(13)21/h4-5,8,16H,1,6-7,23H2,2-3H3. The van der Waals surface area contributed by atoms with Crippen molar-refractivity contribution in [1.82, 2.24) is 0 Å². The molecular weight excluding hydrogens is 430 g/mol. The Balaban J connectivity index is 2.40. The van der Waals surface area contributed by atoms with Gasteiger partial charge in [0.05, 0.1) is 22.5 Å². The van der Waals surface area contributed by atoms with Crippen molar-refractivity contribution in [2.45, 2.75) is 19.8 Å². The third-order valence-electron chi connectivity index (χ3n) is 4.23. The summed E-state index contributed by atoms with van der Waals surface area (Å²) in [5.41, 5.74) is 5.62. The second-order valence-corrected chi connectivity index (χ2v) is 6.82. The summed E-state index contributed by atoms with van der Waals surface area (Å²) in [4.78, 5) is 34.7. The summed E-state index contributed by atoms with van der Waals surface area (Å²) in [5.74, 6) is -3.00. The fourth-order valence-corrected chi connectivity index (χ4v) is 3.00. The number of hydrogen-bond donors (Lipinski definition) is 1. The highest BCUT2D eigenvalue weighted by molar-refractivity contribution is 6.31. The largest absolute Gasteiger partial charge is 0.459 e. The van der Waals surface area contributed by atoms with Crippen molar-refractivity contribution >= 4 is 29.2 Å². The second kappa shape index (κ2) is 9.77. The number of nitrogens with two attached hydrogens (primary N) is 1. The molecule has 1 unspecified atom stereocenters. The average Bonchev–Trinajstić information content (AvgIpc) is 2.70. The average molecular weight is 448 g/mol. The fraction of sp³-hybridized carbons (Fsp3) is 0.250. The molecule has 0 saturated heterocycles. The third-order valence-corrected chi connectivity index (χ3v) is 4.57. The first-order valence-electron chi connectivity index (χ1n) is 8.80. The van der Waals surface area contributed by atoms with E-state index in [1.807, 2.05) is 6.07 Å². The van der Waals surface area contributed by atoms with Gasteiger partial charge in [0.25, 0.3) is 5.69 Å². The van der Waals surface area contributed by atoms with Crippen LogP contribution in [0.1, 0.15) is 25.3 Å². The van der Waals surface area contributed by atoms with Gasteiger partial charge in [-0.25, -0.2) is 9.59 Å². The van der Waals surface area contributed by atoms with Crippen LogP contribution in [0.5, 0.6) is 0 Å². The van der Waals surface area contributed by atoms with Crippen molar-refractivity contribution in [3.8, 4) is 6.07 Å². The summed E-state index contributed by atoms with van der Waals surface area (Å²) in [6.45, 7) is 5.80. The van der Waals surface area contributed by atoms with E-state index < -0.39 is 22.8 Å². The van der Waals surface area contributed by atoms with Crippen molar-refractivity contribution in [3.05, 3.63) is 73.8 Å². The number of carbonyl (C=O) groups excluding carboxylic acids is 2. The first kappa shape index (κ1) is 23.4. The van der Waals surface area contributed by atoms with Crippen LogP contribution in [0.15, 0.2) is 53.1 Å². The van der Waals surface area contributed by atoms with Crippen LogP contribution in [-0.4, -0.2) is 30.1 Å². The highest BCUT2D eigenvalue weighted by Gasteiger charge is 2.38. The van der Waals surface area contributed by atoms with Crippen LogP contribution in [0, 0.1) is 21.4 Å². The maximum Gasteiger partial charge on any atom is 0.340 e. The van der Waals surface area contributed by atoms with Crippen molar-refractivity contribution in [2.75, 3.05) is 13.2 Å². The molecule has 1 aliphatic rings. The molecule has 0 fully saturated rings. The first-order chi connectivity index (χ1) is 14.6. The summed E-state index contributed by atoms with van der Waals surface area (Å²) >= 11 is 6.24. The number of rotatable bonds is 7. The number of halogens is 1. The highest BCUT2D eigenvalue weighted by atomic mass is 35.5. The Kier molecular flexibility index (Phi) is 7.39. The van der Waals surface area contributed by atoms with Gasteiger partial charge in [0, 0.05) is 22.7 Å². The first-order valence-corrected chi connectivity index (χ1v) is 9.18. The molecule has 2 N–H and O–H groups in total. The molecule has 0 aromatic heterocycles. The van der Waals surface area contributed by atoms with Crippen LogP contribution in [0.3, 0.4) is 0 Å². The van der Waals surface area contributed by atoms with Gasteiger partial charge in [0.15, 0.2) is 0 Å². The fourth-order valence-electron chi connectivity index (χ4n) is 2.77. The maximum atomic E-state index is 12.8. The van der Waals surface area contributed by atoms with E-state index >= 15 is 0 Å². The molecule has 1 aliphatic heterocycles. The summed E-state index contributed by atoms with van der Waals surface area (Å²) in [7, 11) is 0. The van der Waals surface area contributed by atoms with Crippen molar-refractivity contribution in [1.29, 1.82) is 5.26 Å². The molecule has 0 bridgehead atoms. The summed E-state index contributed by atoms with van der Waals surface area (Å²) in [5, 5.41) is 20.9. The topological polar surface area (TPSA) is 155 Å². The number of allylic oxidation sites excluding steroid dienone is 2. The number of non-ortho nitro benzene ring substituents is 1. The monoisotopic (exact) mass is 447 g/mol. The molecule has 1 atom stereocenters. The molecule has 162 valence electrons. The Bertz CT molecular complexity index is 1070. The number of esters is 2. The van der Waals surface area contributed by atoms with Gasteiger partial charge in [-0.3, -0.25) is 10.1 Å². The van der Waals surface area contributed by atoms with E-state index in [1.54, 1.807) is 0 Å². The molecule has 0 spiro atoms. The number of nitro groups is 1. The van der Waals surface area contributed by atoms with Gasteiger partial charge in [0.1, 0.15) is 24.5 Å². The van der Waals surface area contributed by atoms with Crippen molar-refractivity contribution in [2.24, 2.45) is 5.73 Å². The van der Waals surface area contributed by atoms with E-state index in [0.29, 0.717) is 0 Å². The maximum absolute atomic E-state index is 12.8. The van der Waals surface area contributed by atoms with Crippen LogP contribution in [0.25, 0.3) is 0 Å². The lowest BCUT2D eigenvalue weighted by Crippen LogP contribution is -2.27. The number of ether oxygens (including phenoxy) is 3. The molecule has 10 nitrogen and oxygen atoms in total. The molecular formula is C20H18ClN3O7. The second-order valence-electron chi connectivity index (χ2n) is 6.41. The smallest absolute Gasteiger partial charge is 0.340 e. The van der Waals surface area contributed by atoms with E-state index in [9.17, 15) is 25.0 Å². The minimum Gasteiger partial charge on any atom is -0.459 e. The van der Waals surface area contributed by atoms with Crippen LogP contribution in [-0.2, 0) is 23.8 Å². The zero-order chi connectivity index (χ0) is 23.3. The van der Waals surface area contributed by atoms with Gasteiger partial charge in [0.2, 0.25) is 5.88 Å². The van der Waals surface area contributed by atoms with E-state index in [-0.39, 0.29) is 57.8 Å². The van der Waals surface area contributed by atoms with Gasteiger partial charge in [-0.2, -0.15) is 5.26 Å². The van der Waals surface area contributed by atoms with Gasteiger partial charge in [-0.05, 0) is 25.5 Å². The van der Waals surface area contributed by atoms with Crippen LogP contribution >= 0.6 is 11.6 Å². The number of nitrogens with zero attached hydrogens (tertiary/aromatic N) is 2. The zero-order valence-electron chi connectivity index (χ0n) is 16.6. The lowest BCUT2D eigenvalue weighted by atomic mass is 9.83. The normalized spacial score (nSPS) is 15.6. The van der Waals surface area contributed by atoms with Crippen LogP contribution < -0.4 is 5.73 Å². The molecule has 0 aliphatic carbocycles. The van der Waals surface area contributed by atoms with Crippen LogP contribution in [0.2, 0.25) is 5.02 Å². The number of hydrogen-bond acceptors (Lipinski definition) is 9. The zero-order valence-corrected chi connectivity index (χ0v) is 17.4. The summed E-state index contributed by atoms with van der Waals surface area (Å²) in [6, 6.07) is 5.55. The Morgan fingerprint density at radius 3 is 2.61 bits per heavy atom. The minimum absolute atomic E-state index is 0.0164. The quantitative estimate of drug-likeness (QED) is 0.218. The minimum atomic E-state index is -1.16. The predicted octanol–water partition coefficient (Wildman–Crippen LogP) is 2.99. The number of nitriles is 1. The van der Waals surface area contributed by atoms with E-state index in [4.69, 9.17) is 31.5 Å². The number of carbonyl (C=O) groups is 2. The Morgan fingerprint density at radius 1 is 1.39 bits per heavy atom. The highest BCUT2D eigenvalue weighted by Crippen LogP contribution is 2.43. The lowest BCUT2D eigenvalue weighted by molar-refractivity contribution is -0.384. The molecule has 1 aromatic rings. The van der Waals surface area contributed by atoms with Crippen molar-refractivity contribution < 1.29 is 28.7 Å². The summed E-state index contributed by atoms with van der Waals surface area (Å²) in [6.07, 6.45) is 0. The third kappa shape index (κ3) is 5.21. The molecule has 2 rings (SSSR count). The Labute approximate surface area is 182 Å². The molecule has 0 saturated carbocycles. The van der Waals surface area contributed by atoms with Gasteiger partial charge in [-0.1, -0.05) is 18.2 Å². The van der Waals surface area contributed by atoms with E-state index in [1.165, 1.54) is 26.0 Å². The molecule has 31 heavy (non-hydrogen) atoms. The van der Waals surface area contributed by atoms with Crippen molar-refractivity contribution in [3.63, 3.8) is 0 Å². The molecule has 11 heteroatoms. The van der Waals surface area contributed by atoms with E-state index in [0.717, 1.165) is 6.07 Å². The SMILES string of the molecule is C=C(C)C(=O)OCCOC(=O)C1=C(N)OC(C)=C(C#N)C1c1cc([N+](=O)[O-])ccc1Cl. The predicted molar refractivity (Wildman–Crippen MR) is 108 cm³/mol. The number of nitro benzene ring substituents is 1. The molecule has 0 radical (unpaired) electrons. The van der Waals surface area contributed by atoms with E-state index in [2.05, 4.69) is 6.58 Å². The molecule has 1 aromatic carbocycles. The molecule has 0 amide bonds. The van der Waals surface area contributed by atoms with Gasteiger partial charge in [-0.15, -0.1) is 0 Å².